The second-order valence-corrected chi connectivity index (χ2v) is 1.74. The van der Waals surface area contributed by atoms with Gasteiger partial charge in [0.1, 0.15) is 5.75 Å². The number of nitrogens with two attached hydrogens (primary N) is 1. The van der Waals surface area contributed by atoms with Crippen molar-refractivity contribution in [2.24, 2.45) is 0 Å². The minimum Gasteiger partial charge on any atom is -0.495 e. The smallest absolute Gasteiger partial charge is 0.141 e. The molecule has 3 heteroatoms. The van der Waals surface area contributed by atoms with Crippen LogP contribution in [0, 0.1) is 0 Å². The number of rotatable bonds is 1. The van der Waals surface area contributed by atoms with Crippen LogP contribution in [0.2, 0.25) is 0 Å². The first-order valence-electron chi connectivity index (χ1n) is 2.73. The Balaban J connectivity index is 0.000000810. The SMILES string of the molecule is COc1ccccc1N.[Li]. The number of para-hydroxylation sites is 2. The number of benzene rings is 1. The number of hydrogen-bond donors (Lipinski definition) is 1. The van der Waals surface area contributed by atoms with E-state index < -0.39 is 0 Å². The fraction of sp³-hybridized carbons (Fsp3) is 0.143. The van der Waals surface area contributed by atoms with Crippen molar-refractivity contribution < 1.29 is 4.74 Å². The van der Waals surface area contributed by atoms with Crippen molar-refractivity contribution in [3.63, 3.8) is 0 Å². The third kappa shape index (κ3) is 1.98. The molecule has 0 saturated heterocycles. The molecule has 0 atom stereocenters. The number of ether oxygens (including phenoxy) is 1. The summed E-state index contributed by atoms with van der Waals surface area (Å²) in [5.74, 6) is 0.734. The van der Waals surface area contributed by atoms with E-state index in [1.165, 1.54) is 0 Å². The molecule has 0 fully saturated rings. The van der Waals surface area contributed by atoms with Crippen LogP contribution in [0.25, 0.3) is 0 Å². The van der Waals surface area contributed by atoms with E-state index >= 15 is 0 Å². The molecule has 1 rings (SSSR count). The average Bonchev–Trinajstić information content (AvgIpc) is 1.89. The molecule has 0 aliphatic carbocycles. The van der Waals surface area contributed by atoms with E-state index in [9.17, 15) is 0 Å². The third-order valence-electron chi connectivity index (χ3n) is 1.14. The second-order valence-electron chi connectivity index (χ2n) is 1.74. The van der Waals surface area contributed by atoms with Crippen molar-refractivity contribution in [1.82, 2.24) is 0 Å². The van der Waals surface area contributed by atoms with Crippen molar-refractivity contribution in [3.8, 4) is 5.75 Å². The Bertz CT molecular complexity index is 203. The molecular weight excluding hydrogens is 121 g/mol. The van der Waals surface area contributed by atoms with Gasteiger partial charge in [-0.05, 0) is 12.1 Å². The fourth-order valence-electron chi connectivity index (χ4n) is 0.666. The van der Waals surface area contributed by atoms with Crippen molar-refractivity contribution >= 4 is 24.5 Å². The average molecular weight is 130 g/mol. The van der Waals surface area contributed by atoms with E-state index in [4.69, 9.17) is 10.5 Å². The summed E-state index contributed by atoms with van der Waals surface area (Å²) in [6, 6.07) is 7.39. The number of nitrogen functional groups attached to an aromatic ring is 1. The Hall–Kier alpha value is -0.583. The van der Waals surface area contributed by atoms with E-state index in [1.807, 2.05) is 18.2 Å². The quantitative estimate of drug-likeness (QED) is 0.452. The third-order valence-corrected chi connectivity index (χ3v) is 1.14. The molecule has 0 aromatic heterocycles. The first-order valence-corrected chi connectivity index (χ1v) is 2.73. The summed E-state index contributed by atoms with van der Waals surface area (Å²) in [6.45, 7) is 0. The van der Waals surface area contributed by atoms with E-state index in [0.29, 0.717) is 5.69 Å². The summed E-state index contributed by atoms with van der Waals surface area (Å²) in [5, 5.41) is 0. The Morgan fingerprint density at radius 1 is 1.30 bits per heavy atom. The summed E-state index contributed by atoms with van der Waals surface area (Å²) in [5.41, 5.74) is 6.19. The van der Waals surface area contributed by atoms with Gasteiger partial charge >= 0.3 is 0 Å². The van der Waals surface area contributed by atoms with Crippen molar-refractivity contribution in [3.05, 3.63) is 24.3 Å². The molecule has 0 saturated carbocycles. The topological polar surface area (TPSA) is 35.2 Å². The van der Waals surface area contributed by atoms with Crippen molar-refractivity contribution in [2.45, 2.75) is 0 Å². The number of hydrogen-bond acceptors (Lipinski definition) is 2. The molecule has 0 bridgehead atoms. The Labute approximate surface area is 72.5 Å². The second kappa shape index (κ2) is 4.27. The minimum atomic E-state index is 0. The maximum absolute atomic E-state index is 5.51. The van der Waals surface area contributed by atoms with Crippen molar-refractivity contribution in [1.29, 1.82) is 0 Å². The Morgan fingerprint density at radius 2 is 1.90 bits per heavy atom. The van der Waals surface area contributed by atoms with Crippen LogP contribution in [0.5, 0.6) is 5.75 Å². The molecule has 2 N–H and O–H groups in total. The molecule has 2 nitrogen and oxygen atoms in total. The van der Waals surface area contributed by atoms with Gasteiger partial charge in [0.05, 0.1) is 12.8 Å². The molecule has 1 radical (unpaired) electrons. The van der Waals surface area contributed by atoms with Crippen LogP contribution in [0.4, 0.5) is 5.69 Å². The monoisotopic (exact) mass is 130 g/mol. The molecule has 49 valence electrons. The van der Waals surface area contributed by atoms with Crippen LogP contribution in [0.15, 0.2) is 24.3 Å². The maximum Gasteiger partial charge on any atom is 0.141 e. The molecule has 0 aliphatic heterocycles. The minimum absolute atomic E-state index is 0. The fourth-order valence-corrected chi connectivity index (χ4v) is 0.666. The molecule has 1 aromatic carbocycles. The summed E-state index contributed by atoms with van der Waals surface area (Å²) >= 11 is 0. The van der Waals surface area contributed by atoms with Crippen LogP contribution in [0.3, 0.4) is 0 Å². The largest absolute Gasteiger partial charge is 0.495 e. The van der Waals surface area contributed by atoms with Gasteiger partial charge in [0.15, 0.2) is 0 Å². The normalized spacial score (nSPS) is 8.10. The van der Waals surface area contributed by atoms with Crippen LogP contribution in [-0.4, -0.2) is 26.0 Å². The van der Waals surface area contributed by atoms with Gasteiger partial charge in [-0.2, -0.15) is 0 Å². The van der Waals surface area contributed by atoms with E-state index in [0.717, 1.165) is 5.75 Å². The zero-order chi connectivity index (χ0) is 6.69. The molecule has 1 aromatic rings. The van der Waals surface area contributed by atoms with Gasteiger partial charge in [0.2, 0.25) is 0 Å². The van der Waals surface area contributed by atoms with Gasteiger partial charge < -0.3 is 10.5 Å². The maximum atomic E-state index is 5.51. The van der Waals surface area contributed by atoms with E-state index in [-0.39, 0.29) is 18.9 Å². The molecule has 0 spiro atoms. The van der Waals surface area contributed by atoms with Gasteiger partial charge in [0.25, 0.3) is 0 Å². The molecular formula is C7H9LiNO. The molecule has 10 heavy (non-hydrogen) atoms. The van der Waals surface area contributed by atoms with Gasteiger partial charge in [-0.25, -0.2) is 0 Å². The van der Waals surface area contributed by atoms with Gasteiger partial charge in [-0.1, -0.05) is 12.1 Å². The summed E-state index contributed by atoms with van der Waals surface area (Å²) in [4.78, 5) is 0. The summed E-state index contributed by atoms with van der Waals surface area (Å²) < 4.78 is 4.92. The Morgan fingerprint density at radius 3 is 2.30 bits per heavy atom. The van der Waals surface area contributed by atoms with Crippen molar-refractivity contribution in [2.75, 3.05) is 12.8 Å². The standard InChI is InChI=1S/C7H9NO.Li/c1-9-7-5-3-2-4-6(7)8;/h2-5H,8H2,1H3;. The van der Waals surface area contributed by atoms with Gasteiger partial charge in [-0.3, -0.25) is 0 Å². The first kappa shape index (κ1) is 9.42. The summed E-state index contributed by atoms with van der Waals surface area (Å²) in [6.07, 6.45) is 0. The molecule has 0 aliphatic rings. The predicted molar refractivity (Wildman–Crippen MR) is 43.2 cm³/mol. The first-order chi connectivity index (χ1) is 4.34. The molecule has 0 amide bonds. The number of anilines is 1. The Kier molecular flexibility index (Phi) is 4.02. The molecule has 0 heterocycles. The van der Waals surface area contributed by atoms with Gasteiger partial charge in [0, 0.05) is 18.9 Å². The predicted octanol–water partition coefficient (Wildman–Crippen LogP) is 0.897. The van der Waals surface area contributed by atoms with Crippen LogP contribution >= 0.6 is 0 Å². The van der Waals surface area contributed by atoms with E-state index in [1.54, 1.807) is 13.2 Å². The van der Waals surface area contributed by atoms with Crippen LogP contribution in [0.1, 0.15) is 0 Å². The van der Waals surface area contributed by atoms with Crippen LogP contribution < -0.4 is 10.5 Å². The number of methoxy groups -OCH3 is 1. The molecule has 0 unspecified atom stereocenters. The van der Waals surface area contributed by atoms with Crippen LogP contribution in [-0.2, 0) is 0 Å². The zero-order valence-corrected chi connectivity index (χ0v) is 6.29. The van der Waals surface area contributed by atoms with E-state index in [2.05, 4.69) is 0 Å². The van der Waals surface area contributed by atoms with Gasteiger partial charge in [-0.15, -0.1) is 0 Å². The summed E-state index contributed by atoms with van der Waals surface area (Å²) in [7, 11) is 1.60. The zero-order valence-electron chi connectivity index (χ0n) is 6.29.